The van der Waals surface area contributed by atoms with Crippen molar-refractivity contribution in [2.75, 3.05) is 25.0 Å². The highest BCUT2D eigenvalue weighted by Gasteiger charge is 2.32. The number of fused-ring (bicyclic) bond motifs is 1. The Kier molecular flexibility index (Phi) is 5.07. The monoisotopic (exact) mass is 415 g/mol. The van der Waals surface area contributed by atoms with Gasteiger partial charge in [0.1, 0.15) is 11.7 Å². The molecule has 0 spiro atoms. The topological polar surface area (TPSA) is 84.7 Å². The van der Waals surface area contributed by atoms with Gasteiger partial charge in [-0.1, -0.05) is 6.92 Å². The Bertz CT molecular complexity index is 1120. The fourth-order valence-electron chi connectivity index (χ4n) is 3.93. The summed E-state index contributed by atoms with van der Waals surface area (Å²) in [7, 11) is 1.89. The van der Waals surface area contributed by atoms with Crippen LogP contribution >= 0.6 is 0 Å². The number of nitrogens with one attached hydrogen (secondary N) is 1. The highest BCUT2D eigenvalue weighted by molar-refractivity contribution is 5.94. The average Bonchev–Trinajstić information content (AvgIpc) is 3.38. The molecular formula is C20H20F3N7. The molecule has 1 saturated heterocycles. The number of nitrogens with zero attached hydrogens (tertiary/aromatic N) is 6. The van der Waals surface area contributed by atoms with E-state index in [-0.39, 0.29) is 22.8 Å². The molecule has 0 aliphatic carbocycles. The molecule has 30 heavy (non-hydrogen) atoms. The van der Waals surface area contributed by atoms with E-state index in [0.717, 1.165) is 38.2 Å². The summed E-state index contributed by atoms with van der Waals surface area (Å²) in [5.41, 5.74) is 0.289. The van der Waals surface area contributed by atoms with E-state index in [4.69, 9.17) is 0 Å². The number of halogens is 3. The van der Waals surface area contributed by atoms with Crippen molar-refractivity contribution in [3.8, 4) is 17.3 Å². The summed E-state index contributed by atoms with van der Waals surface area (Å²) in [5, 5.41) is 9.79. The number of likely N-dealkylation sites (tertiary alicyclic amines) is 1. The lowest BCUT2D eigenvalue weighted by Crippen LogP contribution is -2.43. The predicted molar refractivity (Wildman–Crippen MR) is 106 cm³/mol. The third-order valence-electron chi connectivity index (χ3n) is 5.51. The Labute approximate surface area is 171 Å². The summed E-state index contributed by atoms with van der Waals surface area (Å²) in [6.07, 6.45) is 1.38. The number of hydrogen-bond acceptors (Lipinski definition) is 6. The third kappa shape index (κ3) is 3.45. The first-order valence-corrected chi connectivity index (χ1v) is 9.62. The van der Waals surface area contributed by atoms with Crippen LogP contribution in [0.15, 0.2) is 24.7 Å². The van der Waals surface area contributed by atoms with Gasteiger partial charge in [0.25, 0.3) is 0 Å². The SMILES string of the molecule is CCN1CCCC1N(C)c1ncc(C#N)c(-c2c[nH]c3ncc(C(F)(F)F)cc23)n1. The zero-order valence-electron chi connectivity index (χ0n) is 16.5. The van der Waals surface area contributed by atoms with E-state index in [9.17, 15) is 18.4 Å². The average molecular weight is 415 g/mol. The third-order valence-corrected chi connectivity index (χ3v) is 5.51. The second kappa shape index (κ2) is 7.57. The number of anilines is 1. The first kappa shape index (κ1) is 20.1. The molecule has 7 nitrogen and oxygen atoms in total. The predicted octanol–water partition coefficient (Wildman–Crippen LogP) is 3.79. The molecule has 4 rings (SSSR count). The molecule has 1 fully saturated rings. The van der Waals surface area contributed by atoms with Gasteiger partial charge in [-0.15, -0.1) is 0 Å². The van der Waals surface area contributed by atoms with Crippen LogP contribution in [-0.2, 0) is 6.18 Å². The van der Waals surface area contributed by atoms with Crippen LogP contribution in [0.2, 0.25) is 0 Å². The highest BCUT2D eigenvalue weighted by Crippen LogP contribution is 2.35. The lowest BCUT2D eigenvalue weighted by molar-refractivity contribution is -0.137. The standard InChI is InChI=1S/C20H20F3N7/c1-3-30-6-4-5-16(30)29(2)19-27-9-12(8-24)17(28-19)15-11-26-18-14(15)7-13(10-25-18)20(21,22)23/h7,9-11,16H,3-6H2,1-2H3,(H,25,26). The Hall–Kier alpha value is -3.19. The van der Waals surface area contributed by atoms with Crippen LogP contribution in [0.4, 0.5) is 19.1 Å². The fourth-order valence-corrected chi connectivity index (χ4v) is 3.93. The van der Waals surface area contributed by atoms with Crippen LogP contribution in [-0.4, -0.2) is 51.1 Å². The van der Waals surface area contributed by atoms with Crippen LogP contribution in [0.1, 0.15) is 30.9 Å². The lowest BCUT2D eigenvalue weighted by Gasteiger charge is -2.31. The largest absolute Gasteiger partial charge is 0.417 e. The second-order valence-corrected chi connectivity index (χ2v) is 7.23. The molecule has 0 aromatic carbocycles. The molecule has 0 saturated carbocycles. The van der Waals surface area contributed by atoms with Crippen LogP contribution < -0.4 is 4.90 Å². The molecular weight excluding hydrogens is 395 g/mol. The van der Waals surface area contributed by atoms with Crippen molar-refractivity contribution in [2.24, 2.45) is 0 Å². The van der Waals surface area contributed by atoms with Crippen molar-refractivity contribution < 1.29 is 13.2 Å². The van der Waals surface area contributed by atoms with Gasteiger partial charge in [-0.2, -0.15) is 18.4 Å². The van der Waals surface area contributed by atoms with Crippen LogP contribution in [0, 0.1) is 11.3 Å². The first-order chi connectivity index (χ1) is 14.3. The highest BCUT2D eigenvalue weighted by atomic mass is 19.4. The van der Waals surface area contributed by atoms with Crippen molar-refractivity contribution in [1.29, 1.82) is 5.26 Å². The van der Waals surface area contributed by atoms with Gasteiger partial charge in [-0.25, -0.2) is 15.0 Å². The molecule has 1 aliphatic heterocycles. The molecule has 1 unspecified atom stereocenters. The number of aromatic amines is 1. The normalized spacial score (nSPS) is 17.4. The van der Waals surface area contributed by atoms with Crippen molar-refractivity contribution in [3.63, 3.8) is 0 Å². The molecule has 1 N–H and O–H groups in total. The Morgan fingerprint density at radius 1 is 1.33 bits per heavy atom. The Morgan fingerprint density at radius 2 is 2.13 bits per heavy atom. The van der Waals surface area contributed by atoms with Gasteiger partial charge in [-0.05, 0) is 25.5 Å². The van der Waals surface area contributed by atoms with E-state index >= 15 is 0 Å². The maximum Gasteiger partial charge on any atom is 0.417 e. The minimum absolute atomic E-state index is 0.136. The molecule has 1 atom stereocenters. The Balaban J connectivity index is 1.81. The smallest absolute Gasteiger partial charge is 0.345 e. The number of nitriles is 1. The molecule has 0 bridgehead atoms. The molecule has 156 valence electrons. The zero-order chi connectivity index (χ0) is 21.5. The Morgan fingerprint density at radius 3 is 2.83 bits per heavy atom. The first-order valence-electron chi connectivity index (χ1n) is 9.62. The number of aromatic nitrogens is 4. The molecule has 1 aliphatic rings. The number of H-pyrrole nitrogens is 1. The van der Waals surface area contributed by atoms with E-state index in [1.54, 1.807) is 0 Å². The van der Waals surface area contributed by atoms with Crippen LogP contribution in [0.5, 0.6) is 0 Å². The fraction of sp³-hybridized carbons (Fsp3) is 0.400. The summed E-state index contributed by atoms with van der Waals surface area (Å²) >= 11 is 0. The molecule has 0 amide bonds. The summed E-state index contributed by atoms with van der Waals surface area (Å²) < 4.78 is 39.5. The molecule has 4 heterocycles. The summed E-state index contributed by atoms with van der Waals surface area (Å²) in [6.45, 7) is 3.98. The van der Waals surface area contributed by atoms with Gasteiger partial charge in [-0.3, -0.25) is 4.90 Å². The summed E-state index contributed by atoms with van der Waals surface area (Å²) in [4.78, 5) is 19.9. The number of alkyl halides is 3. The van der Waals surface area contributed by atoms with E-state index in [1.807, 2.05) is 18.0 Å². The summed E-state index contributed by atoms with van der Waals surface area (Å²) in [6, 6.07) is 3.06. The van der Waals surface area contributed by atoms with Crippen LogP contribution in [0.3, 0.4) is 0 Å². The van der Waals surface area contributed by atoms with E-state index in [0.29, 0.717) is 17.2 Å². The molecule has 0 radical (unpaired) electrons. The van der Waals surface area contributed by atoms with E-state index < -0.39 is 11.7 Å². The maximum atomic E-state index is 13.2. The van der Waals surface area contributed by atoms with Gasteiger partial charge >= 0.3 is 6.18 Å². The minimum Gasteiger partial charge on any atom is -0.345 e. The van der Waals surface area contributed by atoms with E-state index in [1.165, 1.54) is 12.4 Å². The minimum atomic E-state index is -4.52. The number of pyridine rings is 1. The molecule has 3 aromatic rings. The summed E-state index contributed by atoms with van der Waals surface area (Å²) in [5.74, 6) is 0.420. The van der Waals surface area contributed by atoms with Gasteiger partial charge < -0.3 is 9.88 Å². The lowest BCUT2D eigenvalue weighted by atomic mass is 10.1. The van der Waals surface area contributed by atoms with Gasteiger partial charge in [0.15, 0.2) is 0 Å². The van der Waals surface area contributed by atoms with Gasteiger partial charge in [0, 0.05) is 36.9 Å². The second-order valence-electron chi connectivity index (χ2n) is 7.23. The number of hydrogen-bond donors (Lipinski definition) is 1. The van der Waals surface area contributed by atoms with Crippen molar-refractivity contribution in [1.82, 2.24) is 24.8 Å². The molecule has 3 aromatic heterocycles. The van der Waals surface area contributed by atoms with Crippen molar-refractivity contribution in [2.45, 2.75) is 32.1 Å². The maximum absolute atomic E-state index is 13.2. The van der Waals surface area contributed by atoms with E-state index in [2.05, 4.69) is 31.8 Å². The van der Waals surface area contributed by atoms with Crippen molar-refractivity contribution >= 4 is 17.0 Å². The quantitative estimate of drug-likeness (QED) is 0.698. The zero-order valence-corrected chi connectivity index (χ0v) is 16.5. The van der Waals surface area contributed by atoms with Crippen molar-refractivity contribution in [3.05, 3.63) is 35.8 Å². The van der Waals surface area contributed by atoms with Gasteiger partial charge in [0.05, 0.1) is 29.2 Å². The number of rotatable bonds is 4. The van der Waals surface area contributed by atoms with Crippen LogP contribution in [0.25, 0.3) is 22.3 Å². The van der Waals surface area contributed by atoms with Gasteiger partial charge in [0.2, 0.25) is 5.95 Å². The molecule has 10 heteroatoms.